The first-order chi connectivity index (χ1) is 12.2. The number of carbonyl (C=O) groups excluding carboxylic acids is 2. The lowest BCUT2D eigenvalue weighted by atomic mass is 10.1. The number of nitrogens with one attached hydrogen (secondary N) is 1. The Labute approximate surface area is 149 Å². The van der Waals surface area contributed by atoms with Crippen molar-refractivity contribution >= 4 is 28.3 Å². The fourth-order valence-electron chi connectivity index (χ4n) is 2.86. The molecular weight excluding hydrogens is 340 g/mol. The Morgan fingerprint density at radius 1 is 1.40 bits per heavy atom. The molecule has 2 aromatic heterocycles. The zero-order chi connectivity index (χ0) is 17.4. The number of amides is 2. The molecule has 1 saturated carbocycles. The Morgan fingerprint density at radius 2 is 2.24 bits per heavy atom. The molecular formula is C17H18N4O3S. The van der Waals surface area contributed by atoms with Crippen LogP contribution in [0.4, 0.5) is 5.13 Å². The summed E-state index contributed by atoms with van der Waals surface area (Å²) in [7, 11) is 1.51. The van der Waals surface area contributed by atoms with Crippen molar-refractivity contribution in [2.24, 2.45) is 5.92 Å². The number of hydrogen-bond donors (Lipinski definition) is 1. The van der Waals surface area contributed by atoms with Gasteiger partial charge in [-0.25, -0.2) is 9.97 Å². The van der Waals surface area contributed by atoms with Crippen molar-refractivity contribution in [2.45, 2.75) is 25.8 Å². The van der Waals surface area contributed by atoms with Crippen LogP contribution in [0.5, 0.6) is 5.88 Å². The van der Waals surface area contributed by atoms with Crippen molar-refractivity contribution in [3.63, 3.8) is 0 Å². The molecule has 7 nitrogen and oxygen atoms in total. The van der Waals surface area contributed by atoms with Crippen LogP contribution in [0.15, 0.2) is 18.3 Å². The summed E-state index contributed by atoms with van der Waals surface area (Å²) in [4.78, 5) is 36.1. The molecule has 0 unspecified atom stereocenters. The molecule has 0 spiro atoms. The maximum absolute atomic E-state index is 12.8. The Balaban J connectivity index is 1.49. The maximum Gasteiger partial charge on any atom is 0.259 e. The van der Waals surface area contributed by atoms with Gasteiger partial charge in [-0.2, -0.15) is 0 Å². The van der Waals surface area contributed by atoms with E-state index in [4.69, 9.17) is 4.74 Å². The molecule has 4 rings (SSSR count). The van der Waals surface area contributed by atoms with E-state index in [9.17, 15) is 9.59 Å². The van der Waals surface area contributed by atoms with Gasteiger partial charge in [0.2, 0.25) is 11.8 Å². The van der Waals surface area contributed by atoms with E-state index in [1.54, 1.807) is 23.2 Å². The lowest BCUT2D eigenvalue weighted by molar-refractivity contribution is -0.117. The molecule has 25 heavy (non-hydrogen) atoms. The highest BCUT2D eigenvalue weighted by Crippen LogP contribution is 2.33. The van der Waals surface area contributed by atoms with Crippen LogP contribution in [0, 0.1) is 5.92 Å². The largest absolute Gasteiger partial charge is 0.480 e. The molecule has 1 aliphatic carbocycles. The molecule has 2 aliphatic rings. The van der Waals surface area contributed by atoms with Gasteiger partial charge >= 0.3 is 0 Å². The zero-order valence-corrected chi connectivity index (χ0v) is 14.6. The van der Waals surface area contributed by atoms with Crippen molar-refractivity contribution in [2.75, 3.05) is 19.0 Å². The van der Waals surface area contributed by atoms with Gasteiger partial charge in [0.25, 0.3) is 5.91 Å². The van der Waals surface area contributed by atoms with Crippen molar-refractivity contribution in [1.29, 1.82) is 0 Å². The molecule has 0 aromatic carbocycles. The highest BCUT2D eigenvalue weighted by molar-refractivity contribution is 7.15. The predicted octanol–water partition coefficient (Wildman–Crippen LogP) is 2.09. The predicted molar refractivity (Wildman–Crippen MR) is 92.7 cm³/mol. The van der Waals surface area contributed by atoms with Crippen LogP contribution in [0.1, 0.15) is 33.8 Å². The van der Waals surface area contributed by atoms with Crippen molar-refractivity contribution in [3.05, 3.63) is 34.5 Å². The standard InChI is InChI=1S/C17H18N4O3S/c1-24-15-11(3-2-7-18-15)16(23)21-8-6-12-13(9-21)25-17(19-12)20-14(22)10-4-5-10/h2-3,7,10H,4-6,8-9H2,1H3,(H,19,20,22). The average molecular weight is 358 g/mol. The minimum atomic E-state index is -0.104. The Bertz CT molecular complexity index is 831. The first-order valence-electron chi connectivity index (χ1n) is 8.23. The van der Waals surface area contributed by atoms with Crippen molar-refractivity contribution in [3.8, 4) is 5.88 Å². The lowest BCUT2D eigenvalue weighted by Crippen LogP contribution is -2.35. The molecule has 1 N–H and O–H groups in total. The van der Waals surface area contributed by atoms with Crippen LogP contribution in [0.2, 0.25) is 0 Å². The lowest BCUT2D eigenvalue weighted by Gasteiger charge is -2.26. The van der Waals surface area contributed by atoms with Gasteiger partial charge in [0.05, 0.1) is 19.3 Å². The Kier molecular flexibility index (Phi) is 4.12. The topological polar surface area (TPSA) is 84.4 Å². The number of aromatic nitrogens is 2. The molecule has 2 aromatic rings. The van der Waals surface area contributed by atoms with E-state index in [-0.39, 0.29) is 17.7 Å². The first-order valence-corrected chi connectivity index (χ1v) is 9.05. The Hall–Kier alpha value is -2.48. The van der Waals surface area contributed by atoms with E-state index in [1.165, 1.54) is 18.4 Å². The fourth-order valence-corrected chi connectivity index (χ4v) is 3.89. The number of anilines is 1. The maximum atomic E-state index is 12.8. The summed E-state index contributed by atoms with van der Waals surface area (Å²) in [6.07, 6.45) is 4.21. The van der Waals surface area contributed by atoms with Crippen LogP contribution in [-0.4, -0.2) is 40.3 Å². The number of ether oxygens (including phenoxy) is 1. The van der Waals surface area contributed by atoms with Gasteiger partial charge in [-0.15, -0.1) is 0 Å². The number of carbonyl (C=O) groups is 2. The monoisotopic (exact) mass is 358 g/mol. The molecule has 2 amide bonds. The second-order valence-electron chi connectivity index (χ2n) is 6.19. The van der Waals surface area contributed by atoms with E-state index < -0.39 is 0 Å². The van der Waals surface area contributed by atoms with Crippen LogP contribution in [0.3, 0.4) is 0 Å². The van der Waals surface area contributed by atoms with Crippen molar-refractivity contribution in [1.82, 2.24) is 14.9 Å². The average Bonchev–Trinajstić information content (AvgIpc) is 3.41. The van der Waals surface area contributed by atoms with E-state index in [1.807, 2.05) is 0 Å². The normalized spacial score (nSPS) is 16.3. The third-order valence-corrected chi connectivity index (χ3v) is 5.39. The molecule has 3 heterocycles. The SMILES string of the molecule is COc1ncccc1C(=O)N1CCc2nc(NC(=O)C3CC3)sc2C1. The number of fused-ring (bicyclic) bond motifs is 1. The third-order valence-electron chi connectivity index (χ3n) is 4.39. The summed E-state index contributed by atoms with van der Waals surface area (Å²) in [6, 6.07) is 3.45. The van der Waals surface area contributed by atoms with Crippen LogP contribution in [-0.2, 0) is 17.8 Å². The van der Waals surface area contributed by atoms with Gasteiger partial charge in [-0.3, -0.25) is 9.59 Å². The number of methoxy groups -OCH3 is 1. The van der Waals surface area contributed by atoms with Gasteiger partial charge in [-0.05, 0) is 25.0 Å². The van der Waals surface area contributed by atoms with Gasteiger partial charge in [-0.1, -0.05) is 11.3 Å². The van der Waals surface area contributed by atoms with Crippen LogP contribution < -0.4 is 10.1 Å². The number of thiazole rings is 1. The summed E-state index contributed by atoms with van der Waals surface area (Å²) in [5, 5.41) is 3.52. The fraction of sp³-hybridized carbons (Fsp3) is 0.412. The molecule has 8 heteroatoms. The second kappa shape index (κ2) is 6.44. The van der Waals surface area contributed by atoms with Crippen LogP contribution in [0.25, 0.3) is 0 Å². The molecule has 1 fully saturated rings. The highest BCUT2D eigenvalue weighted by atomic mass is 32.1. The molecule has 0 atom stereocenters. The van der Waals surface area contributed by atoms with E-state index in [2.05, 4.69) is 15.3 Å². The number of hydrogen-bond acceptors (Lipinski definition) is 6. The molecule has 0 radical (unpaired) electrons. The van der Waals surface area contributed by atoms with Crippen molar-refractivity contribution < 1.29 is 14.3 Å². The van der Waals surface area contributed by atoms with Gasteiger partial charge in [0.15, 0.2) is 5.13 Å². The quantitative estimate of drug-likeness (QED) is 0.905. The summed E-state index contributed by atoms with van der Waals surface area (Å²) in [5.74, 6) is 0.434. The number of pyridine rings is 1. The van der Waals surface area contributed by atoms with Gasteiger partial charge in [0, 0.05) is 30.0 Å². The molecule has 1 aliphatic heterocycles. The minimum Gasteiger partial charge on any atom is -0.480 e. The van der Waals surface area contributed by atoms with E-state index >= 15 is 0 Å². The summed E-state index contributed by atoms with van der Waals surface area (Å²) < 4.78 is 5.19. The summed E-state index contributed by atoms with van der Waals surface area (Å²) in [6.45, 7) is 1.08. The smallest absolute Gasteiger partial charge is 0.259 e. The Morgan fingerprint density at radius 3 is 3.00 bits per heavy atom. The second-order valence-corrected chi connectivity index (χ2v) is 7.27. The first kappa shape index (κ1) is 16.0. The molecule has 130 valence electrons. The number of rotatable bonds is 4. The third kappa shape index (κ3) is 3.21. The number of nitrogens with zero attached hydrogens (tertiary/aromatic N) is 3. The van der Waals surface area contributed by atoms with E-state index in [0.717, 1.165) is 23.4 Å². The molecule has 0 saturated heterocycles. The zero-order valence-electron chi connectivity index (χ0n) is 13.8. The summed E-state index contributed by atoms with van der Waals surface area (Å²) in [5.41, 5.74) is 1.43. The van der Waals surface area contributed by atoms with Gasteiger partial charge < -0.3 is 15.0 Å². The van der Waals surface area contributed by atoms with Crippen LogP contribution >= 0.6 is 11.3 Å². The highest BCUT2D eigenvalue weighted by Gasteiger charge is 2.31. The minimum absolute atomic E-state index is 0.0547. The van der Waals surface area contributed by atoms with Gasteiger partial charge in [0.1, 0.15) is 5.56 Å². The molecule has 0 bridgehead atoms. The van der Waals surface area contributed by atoms with E-state index in [0.29, 0.717) is 36.1 Å². The summed E-state index contributed by atoms with van der Waals surface area (Å²) >= 11 is 1.45.